The van der Waals surface area contributed by atoms with Gasteiger partial charge in [-0.1, -0.05) is 27.7 Å². The zero-order valence-corrected chi connectivity index (χ0v) is 18.2. The van der Waals surface area contributed by atoms with Gasteiger partial charge in [0.1, 0.15) is 0 Å². The third-order valence-electron chi connectivity index (χ3n) is 8.76. The Morgan fingerprint density at radius 2 is 1.65 bits per heavy atom. The van der Waals surface area contributed by atoms with Gasteiger partial charge in [0.05, 0.1) is 0 Å². The molecule has 1 aliphatic carbocycles. The van der Waals surface area contributed by atoms with Crippen LogP contribution in [0.25, 0.3) is 0 Å². The van der Waals surface area contributed by atoms with Crippen molar-refractivity contribution in [3.8, 4) is 0 Å². The van der Waals surface area contributed by atoms with Gasteiger partial charge in [0, 0.05) is 49.8 Å². The third kappa shape index (κ3) is 3.37. The summed E-state index contributed by atoms with van der Waals surface area (Å²) in [6, 6.07) is 2.57. The first-order valence-electron chi connectivity index (χ1n) is 11.5. The number of piperidine rings is 1. The summed E-state index contributed by atoms with van der Waals surface area (Å²) in [5, 5.41) is 0. The maximum Gasteiger partial charge on any atom is 0.0244 e. The predicted molar refractivity (Wildman–Crippen MR) is 110 cm³/mol. The summed E-state index contributed by atoms with van der Waals surface area (Å²) in [5.74, 6) is 3.61. The third-order valence-corrected chi connectivity index (χ3v) is 8.76. The first-order chi connectivity index (χ1) is 12.3. The van der Waals surface area contributed by atoms with Gasteiger partial charge in [-0.2, -0.15) is 0 Å². The van der Waals surface area contributed by atoms with Crippen LogP contribution >= 0.6 is 0 Å². The largest absolute Gasteiger partial charge is 0.300 e. The van der Waals surface area contributed by atoms with Gasteiger partial charge < -0.3 is 0 Å². The molecule has 4 aliphatic rings. The number of rotatable bonds is 7. The fraction of sp³-hybridized carbons (Fsp3) is 1.00. The fourth-order valence-electron chi connectivity index (χ4n) is 6.84. The van der Waals surface area contributed by atoms with Crippen LogP contribution in [0.3, 0.4) is 0 Å². The summed E-state index contributed by atoms with van der Waals surface area (Å²) in [5.41, 5.74) is 0.393. The molecule has 3 nitrogen and oxygen atoms in total. The van der Waals surface area contributed by atoms with E-state index >= 15 is 0 Å². The molecule has 3 saturated heterocycles. The average molecular weight is 362 g/mol. The Bertz CT molecular complexity index is 502. The van der Waals surface area contributed by atoms with E-state index in [4.69, 9.17) is 0 Å². The van der Waals surface area contributed by atoms with Crippen molar-refractivity contribution in [1.29, 1.82) is 0 Å². The Morgan fingerprint density at radius 3 is 2.19 bits per heavy atom. The smallest absolute Gasteiger partial charge is 0.0244 e. The molecule has 3 heteroatoms. The molecule has 6 unspecified atom stereocenters. The van der Waals surface area contributed by atoms with Gasteiger partial charge in [0.15, 0.2) is 0 Å². The lowest BCUT2D eigenvalue weighted by molar-refractivity contribution is 0.0231. The first kappa shape index (κ1) is 19.2. The average Bonchev–Trinajstić information content (AvgIpc) is 3.33. The zero-order valence-electron chi connectivity index (χ0n) is 18.2. The van der Waals surface area contributed by atoms with Crippen molar-refractivity contribution in [1.82, 2.24) is 14.7 Å². The molecule has 0 N–H and O–H groups in total. The van der Waals surface area contributed by atoms with Crippen LogP contribution in [0, 0.1) is 23.7 Å². The fourth-order valence-corrected chi connectivity index (χ4v) is 6.84. The van der Waals surface area contributed by atoms with E-state index in [1.54, 1.807) is 0 Å². The number of likely N-dealkylation sites (tertiary alicyclic amines) is 3. The molecular formula is C23H43N3. The van der Waals surface area contributed by atoms with Crippen LogP contribution in [0.15, 0.2) is 0 Å². The number of piperazine rings is 1. The van der Waals surface area contributed by atoms with Crippen molar-refractivity contribution in [3.63, 3.8) is 0 Å². The maximum atomic E-state index is 2.90. The molecule has 3 aliphatic heterocycles. The van der Waals surface area contributed by atoms with Crippen LogP contribution in [-0.2, 0) is 0 Å². The van der Waals surface area contributed by atoms with Crippen molar-refractivity contribution in [2.45, 2.75) is 90.9 Å². The summed E-state index contributed by atoms with van der Waals surface area (Å²) in [4.78, 5) is 8.45. The normalized spacial score (nSPS) is 39.6. The van der Waals surface area contributed by atoms with Crippen LogP contribution in [-0.4, -0.2) is 71.1 Å². The molecule has 4 bridgehead atoms. The van der Waals surface area contributed by atoms with Crippen LogP contribution in [0.4, 0.5) is 0 Å². The van der Waals surface area contributed by atoms with E-state index in [9.17, 15) is 0 Å². The van der Waals surface area contributed by atoms with Crippen LogP contribution in [0.1, 0.15) is 67.2 Å². The molecule has 0 aromatic carbocycles. The van der Waals surface area contributed by atoms with Crippen molar-refractivity contribution in [3.05, 3.63) is 0 Å². The van der Waals surface area contributed by atoms with Gasteiger partial charge >= 0.3 is 0 Å². The topological polar surface area (TPSA) is 9.72 Å². The molecule has 26 heavy (non-hydrogen) atoms. The standard InChI is InChI=1S/C23H43N3/c1-7-24-14-22-10-21(24)15-26(22)23(5,6)11-18-8-20-9-19(18)13-25(20)12-17(4)16(2)3/h16-22H,7-15H2,1-6H3. The molecule has 4 fully saturated rings. The van der Waals surface area contributed by atoms with Crippen LogP contribution in [0.2, 0.25) is 0 Å². The molecular weight excluding hydrogens is 318 g/mol. The zero-order chi connectivity index (χ0) is 18.6. The molecule has 0 aromatic heterocycles. The van der Waals surface area contributed by atoms with Crippen molar-refractivity contribution in [2.24, 2.45) is 23.7 Å². The quantitative estimate of drug-likeness (QED) is 0.680. The Morgan fingerprint density at radius 1 is 0.885 bits per heavy atom. The van der Waals surface area contributed by atoms with Crippen molar-refractivity contribution in [2.75, 3.05) is 32.7 Å². The van der Waals surface area contributed by atoms with Gasteiger partial charge in [-0.25, -0.2) is 0 Å². The molecule has 0 aromatic rings. The lowest BCUT2D eigenvalue weighted by Gasteiger charge is -2.46. The van der Waals surface area contributed by atoms with Gasteiger partial charge in [-0.3, -0.25) is 14.7 Å². The van der Waals surface area contributed by atoms with Gasteiger partial charge in [0.2, 0.25) is 0 Å². The SMILES string of the molecule is CCN1CC2CC1CN2C(C)(C)CC1CC2CC1CN2CC(C)C(C)C. The van der Waals surface area contributed by atoms with E-state index in [0.29, 0.717) is 5.54 Å². The number of nitrogens with zero attached hydrogens (tertiary/aromatic N) is 3. The van der Waals surface area contributed by atoms with E-state index in [1.165, 1.54) is 58.4 Å². The highest BCUT2D eigenvalue weighted by Gasteiger charge is 2.51. The van der Waals surface area contributed by atoms with E-state index in [2.05, 4.69) is 56.2 Å². The Kier molecular flexibility index (Phi) is 5.20. The van der Waals surface area contributed by atoms with Crippen molar-refractivity contribution >= 4 is 0 Å². The predicted octanol–water partition coefficient (Wildman–Crippen LogP) is 3.94. The molecule has 6 atom stereocenters. The van der Waals surface area contributed by atoms with E-state index in [0.717, 1.165) is 41.8 Å². The second-order valence-corrected chi connectivity index (χ2v) is 11.1. The lowest BCUT2D eigenvalue weighted by Crippen LogP contribution is -2.55. The second-order valence-electron chi connectivity index (χ2n) is 11.1. The van der Waals surface area contributed by atoms with Gasteiger partial charge in [-0.15, -0.1) is 0 Å². The monoisotopic (exact) mass is 361 g/mol. The minimum atomic E-state index is 0.393. The lowest BCUT2D eigenvalue weighted by atomic mass is 9.81. The van der Waals surface area contributed by atoms with Crippen LogP contribution < -0.4 is 0 Å². The molecule has 150 valence electrons. The highest BCUT2D eigenvalue weighted by molar-refractivity contribution is 5.06. The maximum absolute atomic E-state index is 2.90. The molecule has 3 heterocycles. The van der Waals surface area contributed by atoms with Crippen LogP contribution in [0.5, 0.6) is 0 Å². The number of hydrogen-bond acceptors (Lipinski definition) is 3. The van der Waals surface area contributed by atoms with Crippen molar-refractivity contribution < 1.29 is 0 Å². The summed E-state index contributed by atoms with van der Waals surface area (Å²) in [6.45, 7) is 21.2. The summed E-state index contributed by atoms with van der Waals surface area (Å²) < 4.78 is 0. The Hall–Kier alpha value is -0.120. The minimum absolute atomic E-state index is 0.393. The van der Waals surface area contributed by atoms with E-state index in [1.807, 2.05) is 0 Å². The Balaban J connectivity index is 1.31. The van der Waals surface area contributed by atoms with E-state index < -0.39 is 0 Å². The summed E-state index contributed by atoms with van der Waals surface area (Å²) >= 11 is 0. The number of hydrogen-bond donors (Lipinski definition) is 0. The molecule has 4 rings (SSSR count). The Labute approximate surface area is 162 Å². The van der Waals surface area contributed by atoms with Gasteiger partial charge in [0.25, 0.3) is 0 Å². The molecule has 0 amide bonds. The molecule has 1 saturated carbocycles. The summed E-state index contributed by atoms with van der Waals surface area (Å²) in [7, 11) is 0. The molecule has 0 radical (unpaired) electrons. The number of likely N-dealkylation sites (N-methyl/N-ethyl adjacent to an activating group) is 1. The highest BCUT2D eigenvalue weighted by atomic mass is 15.4. The highest BCUT2D eigenvalue weighted by Crippen LogP contribution is 2.48. The summed E-state index contributed by atoms with van der Waals surface area (Å²) in [6.07, 6.45) is 5.81. The van der Waals surface area contributed by atoms with Gasteiger partial charge in [-0.05, 0) is 69.7 Å². The number of fused-ring (bicyclic) bond motifs is 4. The minimum Gasteiger partial charge on any atom is -0.300 e. The first-order valence-corrected chi connectivity index (χ1v) is 11.5. The van der Waals surface area contributed by atoms with E-state index in [-0.39, 0.29) is 0 Å². The second kappa shape index (κ2) is 7.04. The molecule has 0 spiro atoms.